The van der Waals surface area contributed by atoms with Crippen LogP contribution >= 0.6 is 15.6 Å². The molecular formula is C89H174O17P2. The zero-order valence-corrected chi connectivity index (χ0v) is 72.8. The summed E-state index contributed by atoms with van der Waals surface area (Å²) in [6.45, 7) is 7.34. The van der Waals surface area contributed by atoms with Crippen LogP contribution in [0.2, 0.25) is 0 Å². The first-order valence-corrected chi connectivity index (χ1v) is 49.2. The van der Waals surface area contributed by atoms with E-state index >= 15 is 0 Å². The van der Waals surface area contributed by atoms with Crippen LogP contribution in [0.25, 0.3) is 0 Å². The maximum absolute atomic E-state index is 13.2. The summed E-state index contributed by atoms with van der Waals surface area (Å²) in [6.07, 6.45) is 76.6. The molecule has 0 fully saturated rings. The van der Waals surface area contributed by atoms with Gasteiger partial charge in [0.15, 0.2) is 12.2 Å². The van der Waals surface area contributed by atoms with Gasteiger partial charge in [0, 0.05) is 25.7 Å². The van der Waals surface area contributed by atoms with Gasteiger partial charge in [0.05, 0.1) is 26.4 Å². The summed E-state index contributed by atoms with van der Waals surface area (Å²) in [4.78, 5) is 73.3. The Morgan fingerprint density at radius 2 is 0.444 bits per heavy atom. The Morgan fingerprint density at radius 1 is 0.259 bits per heavy atom. The maximum atomic E-state index is 13.2. The van der Waals surface area contributed by atoms with Crippen molar-refractivity contribution in [3.05, 3.63) is 0 Å². The molecular weight excluding hydrogens is 1400 g/mol. The second kappa shape index (κ2) is 81.6. The number of ether oxygens (including phenoxy) is 4. The average Bonchev–Trinajstić information content (AvgIpc) is 0.899. The van der Waals surface area contributed by atoms with E-state index in [1.807, 2.05) is 0 Å². The number of carbonyl (C=O) groups is 4. The molecule has 0 aromatic heterocycles. The standard InChI is InChI=1S/C89H174O17P2/c1-6-10-13-16-19-22-25-28-31-34-37-38-39-40-43-46-49-52-55-58-65-69-74-88(93)105-84(78-99-86(91)72-67-62-56-53-50-47-44-41-35-32-29-26-23-20-17-14-11-7-2)80-103-107(95,96)101-76-83(90)77-102-108(97,98)104-81-85(79-100-87(92)73-68-63-60-59-61-66-71-82(5)9-4)106-89(94)75-70-64-57-54-51-48-45-42-36-33-30-27-24-21-18-15-12-8-3/h82-85,90H,6-81H2,1-5H3,(H,95,96)(H,97,98)/t82?,83-,84-,85-/m1/s1. The predicted molar refractivity (Wildman–Crippen MR) is 446 cm³/mol. The normalized spacial score (nSPS) is 14.0. The second-order valence-electron chi connectivity index (χ2n) is 32.2. The van der Waals surface area contributed by atoms with Crippen molar-refractivity contribution in [2.24, 2.45) is 5.92 Å². The largest absolute Gasteiger partial charge is 0.472 e. The van der Waals surface area contributed by atoms with Crippen molar-refractivity contribution in [3.63, 3.8) is 0 Å². The Kier molecular flexibility index (Phi) is 80.2. The lowest BCUT2D eigenvalue weighted by atomic mass is 10.00. The first kappa shape index (κ1) is 106. The summed E-state index contributed by atoms with van der Waals surface area (Å²) in [5.41, 5.74) is 0. The summed E-state index contributed by atoms with van der Waals surface area (Å²) in [7, 11) is -9.93. The van der Waals surface area contributed by atoms with Crippen molar-refractivity contribution >= 4 is 39.5 Å². The Morgan fingerprint density at radius 3 is 0.657 bits per heavy atom. The maximum Gasteiger partial charge on any atom is 0.472 e. The highest BCUT2D eigenvalue weighted by molar-refractivity contribution is 7.47. The molecule has 0 amide bonds. The van der Waals surface area contributed by atoms with E-state index in [1.165, 1.54) is 302 Å². The van der Waals surface area contributed by atoms with Crippen LogP contribution in [0.4, 0.5) is 0 Å². The van der Waals surface area contributed by atoms with Crippen LogP contribution in [0.15, 0.2) is 0 Å². The van der Waals surface area contributed by atoms with Gasteiger partial charge >= 0.3 is 39.5 Å². The summed E-state index contributed by atoms with van der Waals surface area (Å²) < 4.78 is 69.0. The number of esters is 4. The Hall–Kier alpha value is -1.94. The van der Waals surface area contributed by atoms with Gasteiger partial charge in [0.2, 0.25) is 0 Å². The molecule has 108 heavy (non-hydrogen) atoms. The summed E-state index contributed by atoms with van der Waals surface area (Å²) >= 11 is 0. The van der Waals surface area contributed by atoms with E-state index in [0.29, 0.717) is 25.7 Å². The lowest BCUT2D eigenvalue weighted by Crippen LogP contribution is -2.30. The number of carbonyl (C=O) groups excluding carboxylic acids is 4. The zero-order valence-electron chi connectivity index (χ0n) is 71.0. The van der Waals surface area contributed by atoms with Gasteiger partial charge in [-0.1, -0.05) is 433 Å². The number of hydrogen-bond donors (Lipinski definition) is 3. The van der Waals surface area contributed by atoms with Crippen molar-refractivity contribution in [3.8, 4) is 0 Å². The van der Waals surface area contributed by atoms with Crippen LogP contribution in [0.3, 0.4) is 0 Å². The van der Waals surface area contributed by atoms with E-state index in [1.54, 1.807) is 0 Å². The first-order chi connectivity index (χ1) is 52.6. The highest BCUT2D eigenvalue weighted by atomic mass is 31.2. The third-order valence-electron chi connectivity index (χ3n) is 21.4. The van der Waals surface area contributed by atoms with Gasteiger partial charge in [0.25, 0.3) is 0 Å². The van der Waals surface area contributed by atoms with E-state index < -0.39 is 97.5 Å². The summed E-state index contributed by atoms with van der Waals surface area (Å²) in [5, 5.41) is 10.7. The van der Waals surface area contributed by atoms with E-state index in [2.05, 4.69) is 34.6 Å². The highest BCUT2D eigenvalue weighted by Crippen LogP contribution is 2.45. The molecule has 0 aromatic rings. The molecule has 17 nitrogen and oxygen atoms in total. The van der Waals surface area contributed by atoms with Gasteiger partial charge in [-0.05, 0) is 31.6 Å². The first-order valence-electron chi connectivity index (χ1n) is 46.2. The van der Waals surface area contributed by atoms with Gasteiger partial charge < -0.3 is 33.8 Å². The van der Waals surface area contributed by atoms with Crippen LogP contribution in [-0.4, -0.2) is 96.7 Å². The van der Waals surface area contributed by atoms with Gasteiger partial charge in [-0.2, -0.15) is 0 Å². The fourth-order valence-electron chi connectivity index (χ4n) is 14.0. The van der Waals surface area contributed by atoms with Gasteiger partial charge in [-0.25, -0.2) is 9.13 Å². The lowest BCUT2D eigenvalue weighted by Gasteiger charge is -2.21. The van der Waals surface area contributed by atoms with Crippen LogP contribution < -0.4 is 0 Å². The Balaban J connectivity index is 5.21. The van der Waals surface area contributed by atoms with Crippen LogP contribution in [0, 0.1) is 5.92 Å². The molecule has 0 rings (SSSR count). The molecule has 0 heterocycles. The lowest BCUT2D eigenvalue weighted by molar-refractivity contribution is -0.161. The predicted octanol–water partition coefficient (Wildman–Crippen LogP) is 27.5. The molecule has 0 aliphatic heterocycles. The number of aliphatic hydroxyl groups excluding tert-OH is 1. The second-order valence-corrected chi connectivity index (χ2v) is 35.1. The fourth-order valence-corrected chi connectivity index (χ4v) is 15.5. The minimum Gasteiger partial charge on any atom is -0.462 e. The molecule has 0 aliphatic rings. The topological polar surface area (TPSA) is 237 Å². The monoisotopic (exact) mass is 1580 g/mol. The third-order valence-corrected chi connectivity index (χ3v) is 23.3. The molecule has 0 aromatic carbocycles. The minimum atomic E-state index is -4.97. The van der Waals surface area contributed by atoms with Crippen molar-refractivity contribution in [1.29, 1.82) is 0 Å². The molecule has 19 heteroatoms. The molecule has 3 N–H and O–H groups in total. The molecule has 0 saturated carbocycles. The number of aliphatic hydroxyl groups is 1. The Labute approximate surface area is 664 Å². The summed E-state index contributed by atoms with van der Waals surface area (Å²) in [6, 6.07) is 0. The van der Waals surface area contributed by atoms with Gasteiger partial charge in [-0.3, -0.25) is 37.3 Å². The van der Waals surface area contributed by atoms with Crippen LogP contribution in [0.5, 0.6) is 0 Å². The molecule has 0 saturated heterocycles. The van der Waals surface area contributed by atoms with Crippen molar-refractivity contribution in [2.45, 2.75) is 502 Å². The van der Waals surface area contributed by atoms with Crippen molar-refractivity contribution < 1.29 is 80.2 Å². The van der Waals surface area contributed by atoms with Crippen molar-refractivity contribution in [1.82, 2.24) is 0 Å². The Bertz CT molecular complexity index is 2050. The molecule has 0 radical (unpaired) electrons. The van der Waals surface area contributed by atoms with E-state index in [0.717, 1.165) is 102 Å². The van der Waals surface area contributed by atoms with Crippen LogP contribution in [0.1, 0.15) is 484 Å². The fraction of sp³-hybridized carbons (Fsp3) is 0.955. The zero-order chi connectivity index (χ0) is 79.0. The van der Waals surface area contributed by atoms with E-state index in [9.17, 15) is 43.2 Å². The highest BCUT2D eigenvalue weighted by Gasteiger charge is 2.31. The molecule has 0 aliphatic carbocycles. The van der Waals surface area contributed by atoms with Crippen LogP contribution in [-0.2, 0) is 65.4 Å². The minimum absolute atomic E-state index is 0.108. The number of phosphoric acid groups is 2. The van der Waals surface area contributed by atoms with E-state index in [-0.39, 0.29) is 25.7 Å². The average molecular weight is 1580 g/mol. The van der Waals surface area contributed by atoms with E-state index in [4.69, 9.17) is 37.0 Å². The smallest absolute Gasteiger partial charge is 0.462 e. The molecule has 3 unspecified atom stereocenters. The SMILES string of the molecule is CCCCCCCCCCCCCCCCCCCCCCCCC(=O)O[C@H](COC(=O)CCCCCCCCCCCCCCCCCCCC)COP(=O)(O)OC[C@@H](O)COP(=O)(O)OC[C@@H](COC(=O)CCCCCCCCC(C)CC)OC(=O)CCCCCCCCCCCCCCCCCCCC. The summed E-state index contributed by atoms with van der Waals surface area (Å²) in [5.74, 6) is -1.37. The van der Waals surface area contributed by atoms with Gasteiger partial charge in [-0.15, -0.1) is 0 Å². The number of rotatable bonds is 89. The number of phosphoric ester groups is 2. The molecule has 642 valence electrons. The van der Waals surface area contributed by atoms with Crippen molar-refractivity contribution in [2.75, 3.05) is 39.6 Å². The number of unbranched alkanes of at least 4 members (excludes halogenated alkanes) is 60. The molecule has 0 spiro atoms. The van der Waals surface area contributed by atoms with Gasteiger partial charge in [0.1, 0.15) is 19.3 Å². The molecule has 0 bridgehead atoms. The number of hydrogen-bond acceptors (Lipinski definition) is 15. The molecule has 6 atom stereocenters. The third kappa shape index (κ3) is 80.7. The quantitative estimate of drug-likeness (QED) is 0.0222.